The van der Waals surface area contributed by atoms with Gasteiger partial charge in [0.25, 0.3) is 5.91 Å². The van der Waals surface area contributed by atoms with Crippen molar-refractivity contribution < 1.29 is 15.0 Å². The molecule has 0 aliphatic rings. The van der Waals surface area contributed by atoms with Crippen LogP contribution in [0.5, 0.6) is 5.75 Å². The smallest absolute Gasteiger partial charge is 0.255 e. The maximum Gasteiger partial charge on any atom is 0.255 e. The number of carbonyl (C=O) groups excluding carboxylic acids is 1. The third-order valence-corrected chi connectivity index (χ3v) is 1.95. The highest BCUT2D eigenvalue weighted by Gasteiger charge is 2.11. The highest BCUT2D eigenvalue weighted by Crippen LogP contribution is 2.17. The van der Waals surface area contributed by atoms with E-state index < -0.39 is 6.10 Å². The van der Waals surface area contributed by atoms with Gasteiger partial charge in [-0.25, -0.2) is 0 Å². The monoisotopic (exact) mass is 209 g/mol. The zero-order valence-electron chi connectivity index (χ0n) is 8.82. The number of benzene rings is 1. The van der Waals surface area contributed by atoms with Crippen LogP contribution < -0.4 is 5.32 Å². The van der Waals surface area contributed by atoms with Crippen LogP contribution in [0.1, 0.15) is 22.8 Å². The standard InChI is InChI=1S/C11H15NO3/c1-7-3-4-10(14)9(5-7)11(15)12-6-8(2)13/h3-5,8,13-14H,6H2,1-2H3,(H,12,15)/t8-/m1/s1. The second-order valence-corrected chi connectivity index (χ2v) is 3.58. The van der Waals surface area contributed by atoms with Crippen molar-refractivity contribution >= 4 is 5.91 Å². The molecule has 0 radical (unpaired) electrons. The second kappa shape index (κ2) is 4.79. The minimum Gasteiger partial charge on any atom is -0.507 e. The molecule has 0 saturated carbocycles. The molecule has 0 heterocycles. The highest BCUT2D eigenvalue weighted by atomic mass is 16.3. The van der Waals surface area contributed by atoms with E-state index in [0.29, 0.717) is 0 Å². The molecule has 0 spiro atoms. The highest BCUT2D eigenvalue weighted by molar-refractivity contribution is 5.96. The lowest BCUT2D eigenvalue weighted by Crippen LogP contribution is -2.30. The van der Waals surface area contributed by atoms with Crippen LogP contribution in [-0.4, -0.2) is 28.8 Å². The molecular weight excluding hydrogens is 194 g/mol. The Balaban J connectivity index is 2.77. The fourth-order valence-corrected chi connectivity index (χ4v) is 1.17. The second-order valence-electron chi connectivity index (χ2n) is 3.58. The molecule has 0 bridgehead atoms. The van der Waals surface area contributed by atoms with Crippen molar-refractivity contribution in [2.75, 3.05) is 6.54 Å². The maximum absolute atomic E-state index is 11.5. The van der Waals surface area contributed by atoms with Gasteiger partial charge >= 0.3 is 0 Å². The molecule has 0 fully saturated rings. The molecule has 4 heteroatoms. The summed E-state index contributed by atoms with van der Waals surface area (Å²) >= 11 is 0. The molecule has 0 aliphatic carbocycles. The van der Waals surface area contributed by atoms with Gasteiger partial charge in [0, 0.05) is 6.54 Å². The molecule has 15 heavy (non-hydrogen) atoms. The lowest BCUT2D eigenvalue weighted by molar-refractivity contribution is 0.0921. The molecule has 4 nitrogen and oxygen atoms in total. The number of phenolic OH excluding ortho intramolecular Hbond substituents is 1. The van der Waals surface area contributed by atoms with Crippen LogP contribution in [0, 0.1) is 6.92 Å². The number of nitrogens with one attached hydrogen (secondary N) is 1. The minimum atomic E-state index is -0.596. The number of aliphatic hydroxyl groups excluding tert-OH is 1. The summed E-state index contributed by atoms with van der Waals surface area (Å²) in [6, 6.07) is 4.81. The molecule has 0 aromatic heterocycles. The number of aryl methyl sites for hydroxylation is 1. The van der Waals surface area contributed by atoms with Gasteiger partial charge in [-0.3, -0.25) is 4.79 Å². The molecule has 0 unspecified atom stereocenters. The zero-order valence-corrected chi connectivity index (χ0v) is 8.82. The van der Waals surface area contributed by atoms with Gasteiger partial charge in [0.15, 0.2) is 0 Å². The largest absolute Gasteiger partial charge is 0.507 e. The first-order chi connectivity index (χ1) is 7.00. The van der Waals surface area contributed by atoms with Crippen molar-refractivity contribution in [3.05, 3.63) is 29.3 Å². The van der Waals surface area contributed by atoms with Gasteiger partial charge < -0.3 is 15.5 Å². The van der Waals surface area contributed by atoms with Gasteiger partial charge in [-0.2, -0.15) is 0 Å². The number of aliphatic hydroxyl groups is 1. The Kier molecular flexibility index (Phi) is 3.68. The van der Waals surface area contributed by atoms with E-state index in [9.17, 15) is 9.90 Å². The molecule has 1 aromatic rings. The fourth-order valence-electron chi connectivity index (χ4n) is 1.17. The molecule has 1 aromatic carbocycles. The SMILES string of the molecule is Cc1ccc(O)c(C(=O)NC[C@@H](C)O)c1. The van der Waals surface area contributed by atoms with Crippen LogP contribution in [0.3, 0.4) is 0 Å². The van der Waals surface area contributed by atoms with Crippen molar-refractivity contribution in [3.8, 4) is 5.75 Å². The van der Waals surface area contributed by atoms with E-state index >= 15 is 0 Å². The van der Waals surface area contributed by atoms with Crippen LogP contribution in [-0.2, 0) is 0 Å². The Bertz CT molecular complexity index is 361. The van der Waals surface area contributed by atoms with E-state index in [-0.39, 0.29) is 23.8 Å². The summed E-state index contributed by atoms with van der Waals surface area (Å²) in [5, 5.41) is 21.0. The Hall–Kier alpha value is -1.55. The summed E-state index contributed by atoms with van der Waals surface area (Å²) in [5.41, 5.74) is 1.13. The summed E-state index contributed by atoms with van der Waals surface area (Å²) in [4.78, 5) is 11.5. The van der Waals surface area contributed by atoms with Gasteiger partial charge in [0.05, 0.1) is 11.7 Å². The lowest BCUT2D eigenvalue weighted by atomic mass is 10.1. The Morgan fingerprint density at radius 3 is 2.80 bits per heavy atom. The lowest BCUT2D eigenvalue weighted by Gasteiger charge is -2.08. The van der Waals surface area contributed by atoms with E-state index in [2.05, 4.69) is 5.32 Å². The molecule has 0 aliphatic heterocycles. The van der Waals surface area contributed by atoms with Crippen molar-refractivity contribution in [2.24, 2.45) is 0 Å². The van der Waals surface area contributed by atoms with Gasteiger partial charge in [0.1, 0.15) is 5.75 Å². The summed E-state index contributed by atoms with van der Waals surface area (Å²) in [5.74, 6) is -0.430. The Labute approximate surface area is 88.6 Å². The number of rotatable bonds is 3. The van der Waals surface area contributed by atoms with Gasteiger partial charge in [0.2, 0.25) is 0 Å². The molecule has 82 valence electrons. The Morgan fingerprint density at radius 1 is 1.53 bits per heavy atom. The normalized spacial score (nSPS) is 12.2. The van der Waals surface area contributed by atoms with E-state index in [0.717, 1.165) is 5.56 Å². The van der Waals surface area contributed by atoms with E-state index in [1.54, 1.807) is 19.1 Å². The van der Waals surface area contributed by atoms with E-state index in [4.69, 9.17) is 5.11 Å². The number of carbonyl (C=O) groups is 1. The van der Waals surface area contributed by atoms with Crippen LogP contribution in [0.15, 0.2) is 18.2 Å². The average molecular weight is 209 g/mol. The van der Waals surface area contributed by atoms with Crippen molar-refractivity contribution in [1.82, 2.24) is 5.32 Å². The van der Waals surface area contributed by atoms with Gasteiger partial charge in [-0.1, -0.05) is 11.6 Å². The van der Waals surface area contributed by atoms with Crippen molar-refractivity contribution in [1.29, 1.82) is 0 Å². The molecule has 1 rings (SSSR count). The molecular formula is C11H15NO3. The van der Waals surface area contributed by atoms with Crippen LogP contribution in [0.2, 0.25) is 0 Å². The number of aromatic hydroxyl groups is 1. The summed E-state index contributed by atoms with van der Waals surface area (Å²) < 4.78 is 0. The predicted octanol–water partition coefficient (Wildman–Crippen LogP) is 0.811. The number of hydrogen-bond acceptors (Lipinski definition) is 3. The molecule has 1 amide bonds. The summed E-state index contributed by atoms with van der Waals surface area (Å²) in [7, 11) is 0. The molecule has 1 atom stereocenters. The van der Waals surface area contributed by atoms with E-state index in [1.165, 1.54) is 6.07 Å². The molecule has 3 N–H and O–H groups in total. The van der Waals surface area contributed by atoms with Gasteiger partial charge in [-0.15, -0.1) is 0 Å². The number of amides is 1. The average Bonchev–Trinajstić information content (AvgIpc) is 2.18. The van der Waals surface area contributed by atoms with Crippen LogP contribution >= 0.6 is 0 Å². The molecule has 0 saturated heterocycles. The van der Waals surface area contributed by atoms with E-state index in [1.807, 2.05) is 6.92 Å². The third kappa shape index (κ3) is 3.25. The number of phenols is 1. The van der Waals surface area contributed by atoms with Gasteiger partial charge in [-0.05, 0) is 26.0 Å². The number of hydrogen-bond donors (Lipinski definition) is 3. The first-order valence-electron chi connectivity index (χ1n) is 4.76. The fraction of sp³-hybridized carbons (Fsp3) is 0.364. The predicted molar refractivity (Wildman–Crippen MR) is 56.9 cm³/mol. The van der Waals surface area contributed by atoms with Crippen molar-refractivity contribution in [3.63, 3.8) is 0 Å². The van der Waals surface area contributed by atoms with Crippen LogP contribution in [0.25, 0.3) is 0 Å². The van der Waals surface area contributed by atoms with Crippen molar-refractivity contribution in [2.45, 2.75) is 20.0 Å². The quantitative estimate of drug-likeness (QED) is 0.690. The summed E-state index contributed by atoms with van der Waals surface area (Å²) in [6.07, 6.45) is -0.596. The Morgan fingerprint density at radius 2 is 2.20 bits per heavy atom. The maximum atomic E-state index is 11.5. The minimum absolute atomic E-state index is 0.0521. The topological polar surface area (TPSA) is 69.6 Å². The first-order valence-corrected chi connectivity index (χ1v) is 4.76. The first kappa shape index (κ1) is 11.5. The third-order valence-electron chi connectivity index (χ3n) is 1.95. The van der Waals surface area contributed by atoms with Crippen LogP contribution in [0.4, 0.5) is 0 Å². The zero-order chi connectivity index (χ0) is 11.4. The summed E-state index contributed by atoms with van der Waals surface area (Å²) in [6.45, 7) is 3.59.